The maximum atomic E-state index is 12.2. The normalized spacial score (nSPS) is 10.4. The maximum absolute atomic E-state index is 12.2. The Bertz CT molecular complexity index is 932. The SMILES string of the molecule is CC(=O)Nc1ccc(-c2csc(NC(=O)Cc3ccccc3C)n2)cc1. The van der Waals surface area contributed by atoms with E-state index in [2.05, 4.69) is 15.6 Å². The Morgan fingerprint density at radius 1 is 1.04 bits per heavy atom. The fourth-order valence-electron chi connectivity index (χ4n) is 2.54. The Morgan fingerprint density at radius 3 is 2.46 bits per heavy atom. The van der Waals surface area contributed by atoms with Crippen LogP contribution in [0.1, 0.15) is 18.1 Å². The highest BCUT2D eigenvalue weighted by Crippen LogP contribution is 2.26. The van der Waals surface area contributed by atoms with Gasteiger partial charge in [0.15, 0.2) is 5.13 Å². The summed E-state index contributed by atoms with van der Waals surface area (Å²) >= 11 is 1.39. The molecule has 0 aliphatic heterocycles. The summed E-state index contributed by atoms with van der Waals surface area (Å²) in [6, 6.07) is 15.3. The summed E-state index contributed by atoms with van der Waals surface area (Å²) < 4.78 is 0. The molecule has 0 bridgehead atoms. The van der Waals surface area contributed by atoms with Crippen molar-refractivity contribution in [3.05, 3.63) is 65.0 Å². The van der Waals surface area contributed by atoms with Crippen LogP contribution in [0.25, 0.3) is 11.3 Å². The molecule has 3 rings (SSSR count). The maximum Gasteiger partial charge on any atom is 0.230 e. The van der Waals surface area contributed by atoms with E-state index < -0.39 is 0 Å². The van der Waals surface area contributed by atoms with Crippen molar-refractivity contribution in [3.8, 4) is 11.3 Å². The van der Waals surface area contributed by atoms with Crippen molar-refractivity contribution in [3.63, 3.8) is 0 Å². The Balaban J connectivity index is 1.65. The Morgan fingerprint density at radius 2 is 1.77 bits per heavy atom. The van der Waals surface area contributed by atoms with Crippen molar-refractivity contribution in [1.82, 2.24) is 4.98 Å². The molecule has 0 atom stereocenters. The number of aryl methyl sites for hydroxylation is 1. The van der Waals surface area contributed by atoms with Crippen LogP contribution in [-0.4, -0.2) is 16.8 Å². The minimum absolute atomic E-state index is 0.0822. The van der Waals surface area contributed by atoms with Crippen LogP contribution in [0.4, 0.5) is 10.8 Å². The van der Waals surface area contributed by atoms with Gasteiger partial charge in [0.25, 0.3) is 0 Å². The highest BCUT2D eigenvalue weighted by atomic mass is 32.1. The lowest BCUT2D eigenvalue weighted by Gasteiger charge is -2.05. The van der Waals surface area contributed by atoms with Gasteiger partial charge in [-0.05, 0) is 30.2 Å². The predicted molar refractivity (Wildman–Crippen MR) is 105 cm³/mol. The van der Waals surface area contributed by atoms with E-state index in [9.17, 15) is 9.59 Å². The number of rotatable bonds is 5. The third kappa shape index (κ3) is 4.55. The molecule has 2 N–H and O–H groups in total. The molecule has 0 saturated heterocycles. The molecule has 0 spiro atoms. The van der Waals surface area contributed by atoms with E-state index >= 15 is 0 Å². The number of hydrogen-bond acceptors (Lipinski definition) is 4. The lowest BCUT2D eigenvalue weighted by molar-refractivity contribution is -0.116. The molecule has 6 heteroatoms. The fourth-order valence-corrected chi connectivity index (χ4v) is 3.27. The number of aromatic nitrogens is 1. The molecule has 0 fully saturated rings. The molecule has 3 aromatic rings. The topological polar surface area (TPSA) is 71.1 Å². The highest BCUT2D eigenvalue weighted by Gasteiger charge is 2.10. The number of thiazole rings is 1. The van der Waals surface area contributed by atoms with E-state index in [0.717, 1.165) is 28.1 Å². The molecule has 2 aromatic carbocycles. The van der Waals surface area contributed by atoms with Crippen molar-refractivity contribution in [1.29, 1.82) is 0 Å². The van der Waals surface area contributed by atoms with Gasteiger partial charge in [-0.15, -0.1) is 11.3 Å². The van der Waals surface area contributed by atoms with Crippen molar-refractivity contribution < 1.29 is 9.59 Å². The van der Waals surface area contributed by atoms with Crippen LogP contribution in [0.3, 0.4) is 0 Å². The standard InChI is InChI=1S/C20H19N3O2S/c1-13-5-3-4-6-16(13)11-19(25)23-20-22-18(12-26-20)15-7-9-17(10-8-15)21-14(2)24/h3-10,12H,11H2,1-2H3,(H,21,24)(H,22,23,25). The minimum Gasteiger partial charge on any atom is -0.326 e. The van der Waals surface area contributed by atoms with E-state index in [1.54, 1.807) is 0 Å². The highest BCUT2D eigenvalue weighted by molar-refractivity contribution is 7.14. The van der Waals surface area contributed by atoms with Gasteiger partial charge in [-0.2, -0.15) is 0 Å². The summed E-state index contributed by atoms with van der Waals surface area (Å²) in [6.07, 6.45) is 0.326. The quantitative estimate of drug-likeness (QED) is 0.710. The summed E-state index contributed by atoms with van der Waals surface area (Å²) in [6.45, 7) is 3.47. The lowest BCUT2D eigenvalue weighted by atomic mass is 10.1. The van der Waals surface area contributed by atoms with Crippen LogP contribution in [0.5, 0.6) is 0 Å². The molecular formula is C20H19N3O2S. The Kier molecular flexibility index (Phi) is 5.43. The fraction of sp³-hybridized carbons (Fsp3) is 0.150. The molecule has 0 saturated carbocycles. The number of hydrogen-bond donors (Lipinski definition) is 2. The number of carbonyl (C=O) groups is 2. The number of nitrogens with zero attached hydrogens (tertiary/aromatic N) is 1. The van der Waals surface area contributed by atoms with Gasteiger partial charge in [0, 0.05) is 23.6 Å². The molecule has 2 amide bonds. The first-order valence-electron chi connectivity index (χ1n) is 8.19. The van der Waals surface area contributed by atoms with Crippen LogP contribution < -0.4 is 10.6 Å². The van der Waals surface area contributed by atoms with Gasteiger partial charge in [0.1, 0.15) is 0 Å². The van der Waals surface area contributed by atoms with E-state index in [1.165, 1.54) is 18.3 Å². The van der Waals surface area contributed by atoms with Crippen molar-refractivity contribution in [2.45, 2.75) is 20.3 Å². The zero-order valence-electron chi connectivity index (χ0n) is 14.6. The summed E-state index contributed by atoms with van der Waals surface area (Å²) in [7, 11) is 0. The van der Waals surface area contributed by atoms with Gasteiger partial charge < -0.3 is 10.6 Å². The van der Waals surface area contributed by atoms with Crippen LogP contribution in [-0.2, 0) is 16.0 Å². The Labute approximate surface area is 156 Å². The van der Waals surface area contributed by atoms with Crippen LogP contribution in [0.2, 0.25) is 0 Å². The molecule has 1 aromatic heterocycles. The average molecular weight is 365 g/mol. The van der Waals surface area contributed by atoms with E-state index in [4.69, 9.17) is 0 Å². The molecule has 0 unspecified atom stereocenters. The first kappa shape index (κ1) is 17.8. The number of carbonyl (C=O) groups excluding carboxylic acids is 2. The van der Waals surface area contributed by atoms with Gasteiger partial charge in [0.2, 0.25) is 11.8 Å². The van der Waals surface area contributed by atoms with Crippen molar-refractivity contribution >= 4 is 34.0 Å². The second-order valence-electron chi connectivity index (χ2n) is 5.95. The van der Waals surface area contributed by atoms with E-state index in [1.807, 2.05) is 60.8 Å². The molecule has 132 valence electrons. The zero-order chi connectivity index (χ0) is 18.5. The van der Waals surface area contributed by atoms with Gasteiger partial charge in [-0.25, -0.2) is 4.98 Å². The van der Waals surface area contributed by atoms with E-state index in [-0.39, 0.29) is 11.8 Å². The third-order valence-electron chi connectivity index (χ3n) is 3.86. The summed E-state index contributed by atoms with van der Waals surface area (Å²) in [5, 5.41) is 8.06. The van der Waals surface area contributed by atoms with Crippen molar-refractivity contribution in [2.75, 3.05) is 10.6 Å². The first-order chi connectivity index (χ1) is 12.5. The third-order valence-corrected chi connectivity index (χ3v) is 4.62. The first-order valence-corrected chi connectivity index (χ1v) is 9.07. The number of benzene rings is 2. The number of anilines is 2. The van der Waals surface area contributed by atoms with Gasteiger partial charge in [-0.1, -0.05) is 36.4 Å². The summed E-state index contributed by atoms with van der Waals surface area (Å²) in [5.41, 5.74) is 4.56. The second kappa shape index (κ2) is 7.93. The summed E-state index contributed by atoms with van der Waals surface area (Å²) in [4.78, 5) is 27.8. The van der Waals surface area contributed by atoms with Crippen LogP contribution >= 0.6 is 11.3 Å². The van der Waals surface area contributed by atoms with Gasteiger partial charge in [-0.3, -0.25) is 9.59 Å². The van der Waals surface area contributed by atoms with E-state index in [0.29, 0.717) is 11.6 Å². The molecule has 26 heavy (non-hydrogen) atoms. The second-order valence-corrected chi connectivity index (χ2v) is 6.81. The predicted octanol–water partition coefficient (Wildman–Crippen LogP) is 4.26. The van der Waals surface area contributed by atoms with Gasteiger partial charge in [0.05, 0.1) is 12.1 Å². The van der Waals surface area contributed by atoms with Gasteiger partial charge >= 0.3 is 0 Å². The molecule has 1 heterocycles. The largest absolute Gasteiger partial charge is 0.326 e. The monoisotopic (exact) mass is 365 g/mol. The average Bonchev–Trinajstić information content (AvgIpc) is 3.05. The van der Waals surface area contributed by atoms with Crippen molar-refractivity contribution in [2.24, 2.45) is 0 Å². The molecule has 0 aliphatic carbocycles. The molecule has 0 radical (unpaired) electrons. The number of nitrogens with one attached hydrogen (secondary N) is 2. The van der Waals surface area contributed by atoms with Crippen LogP contribution in [0.15, 0.2) is 53.9 Å². The molecule has 5 nitrogen and oxygen atoms in total. The number of amides is 2. The smallest absolute Gasteiger partial charge is 0.230 e. The van der Waals surface area contributed by atoms with Crippen LogP contribution in [0, 0.1) is 6.92 Å². The summed E-state index contributed by atoms with van der Waals surface area (Å²) in [5.74, 6) is -0.189. The minimum atomic E-state index is -0.106. The Hall–Kier alpha value is -2.99. The zero-order valence-corrected chi connectivity index (χ0v) is 15.4. The molecular weight excluding hydrogens is 346 g/mol. The molecule has 0 aliphatic rings. The lowest BCUT2D eigenvalue weighted by Crippen LogP contribution is -2.14.